The SMILES string of the molecule is CN(c1ccccc1)c1cc[n+](Cc2ccc(CCc3ccc(C[n+]4ccc(N(C)c5ccccc5)c5ccccc54)cc3)cc2)c2ccccc12.[Br-].[Br-]. The lowest BCUT2D eigenvalue weighted by atomic mass is 10.0. The average Bonchev–Trinajstić information content (AvgIpc) is 3.21. The van der Waals surface area contributed by atoms with Crippen LogP contribution in [0.25, 0.3) is 21.8 Å². The first-order valence-electron chi connectivity index (χ1n) is 18.2. The Morgan fingerprint density at radius 2 is 0.704 bits per heavy atom. The third kappa shape index (κ3) is 8.41. The standard InChI is InChI=1S/C48H44N4.2BrH/c1-49(41-13-5-3-6-14-41)45-31-33-51(47-19-11-9-17-43(45)47)35-39-27-23-37(24-28-39)21-22-38-25-29-40(30-26-38)36-52-34-32-46(44-18-10-12-20-48(44)52)50(2)42-15-7-4-8-16-42;;/h3-20,23-34H,21-22,35-36H2,1-2H3;2*1H/q+2;;/p-2. The molecule has 0 fully saturated rings. The quantitative estimate of drug-likeness (QED) is 0.183. The van der Waals surface area contributed by atoms with E-state index < -0.39 is 0 Å². The molecule has 0 bridgehead atoms. The number of anilines is 4. The topological polar surface area (TPSA) is 14.2 Å². The summed E-state index contributed by atoms with van der Waals surface area (Å²) in [6, 6.07) is 61.3. The van der Waals surface area contributed by atoms with Gasteiger partial charge in [-0.2, -0.15) is 9.13 Å². The summed E-state index contributed by atoms with van der Waals surface area (Å²) in [5.74, 6) is 0. The molecule has 0 unspecified atom stereocenters. The van der Waals surface area contributed by atoms with Crippen LogP contribution in [-0.2, 0) is 25.9 Å². The number of rotatable bonds is 11. The number of pyridine rings is 2. The van der Waals surface area contributed by atoms with Crippen molar-refractivity contribution in [1.29, 1.82) is 0 Å². The fraction of sp³-hybridized carbons (Fsp3) is 0.125. The Bertz CT molecular complexity index is 2260. The van der Waals surface area contributed by atoms with Gasteiger partial charge in [0.15, 0.2) is 25.5 Å². The van der Waals surface area contributed by atoms with Gasteiger partial charge in [-0.3, -0.25) is 0 Å². The predicted molar refractivity (Wildman–Crippen MR) is 216 cm³/mol. The van der Waals surface area contributed by atoms with Crippen LogP contribution in [0.4, 0.5) is 22.7 Å². The van der Waals surface area contributed by atoms with E-state index in [1.54, 1.807) is 0 Å². The first kappa shape index (κ1) is 38.4. The maximum atomic E-state index is 2.35. The summed E-state index contributed by atoms with van der Waals surface area (Å²) in [5, 5.41) is 2.49. The number of hydrogen-bond acceptors (Lipinski definition) is 2. The molecule has 6 heteroatoms. The fourth-order valence-corrected chi connectivity index (χ4v) is 7.29. The molecular formula is C48H44Br2N4. The van der Waals surface area contributed by atoms with E-state index >= 15 is 0 Å². The van der Waals surface area contributed by atoms with Gasteiger partial charge in [0.1, 0.15) is 0 Å². The van der Waals surface area contributed by atoms with E-state index in [-0.39, 0.29) is 34.0 Å². The summed E-state index contributed by atoms with van der Waals surface area (Å²) in [5.41, 5.74) is 12.6. The molecule has 8 aromatic rings. The van der Waals surface area contributed by atoms with Crippen molar-refractivity contribution in [2.45, 2.75) is 25.9 Å². The molecular weight excluding hydrogens is 792 g/mol. The normalized spacial score (nSPS) is 10.8. The zero-order valence-corrected chi connectivity index (χ0v) is 33.9. The van der Waals surface area contributed by atoms with Gasteiger partial charge in [0.25, 0.3) is 0 Å². The van der Waals surface area contributed by atoms with Gasteiger partial charge in [0.2, 0.25) is 11.0 Å². The third-order valence-electron chi connectivity index (χ3n) is 10.3. The molecule has 2 heterocycles. The Labute approximate surface area is 340 Å². The number of aryl methyl sites for hydroxylation is 2. The van der Waals surface area contributed by atoms with Gasteiger partial charge in [0.05, 0.1) is 22.1 Å². The molecule has 0 amide bonds. The van der Waals surface area contributed by atoms with Crippen molar-refractivity contribution in [2.75, 3.05) is 23.9 Å². The Balaban J connectivity index is 0.00000249. The van der Waals surface area contributed by atoms with Crippen molar-refractivity contribution in [3.05, 3.63) is 205 Å². The Kier molecular flexibility index (Phi) is 12.6. The van der Waals surface area contributed by atoms with E-state index in [1.165, 1.54) is 66.8 Å². The van der Waals surface area contributed by atoms with Gasteiger partial charge in [-0.25, -0.2) is 0 Å². The monoisotopic (exact) mass is 834 g/mol. The number of aromatic nitrogens is 2. The van der Waals surface area contributed by atoms with Crippen molar-refractivity contribution in [3.63, 3.8) is 0 Å². The molecule has 6 aromatic carbocycles. The molecule has 0 atom stereocenters. The summed E-state index contributed by atoms with van der Waals surface area (Å²) in [4.78, 5) is 4.53. The molecule has 0 saturated heterocycles. The zero-order valence-electron chi connectivity index (χ0n) is 30.7. The second-order valence-corrected chi connectivity index (χ2v) is 13.6. The summed E-state index contributed by atoms with van der Waals surface area (Å²) >= 11 is 0. The van der Waals surface area contributed by atoms with Crippen LogP contribution in [0.3, 0.4) is 0 Å². The zero-order chi connectivity index (χ0) is 35.3. The first-order chi connectivity index (χ1) is 25.6. The van der Waals surface area contributed by atoms with Crippen molar-refractivity contribution < 1.29 is 43.1 Å². The van der Waals surface area contributed by atoms with Crippen LogP contribution >= 0.6 is 0 Å². The minimum atomic E-state index is 0. The number of para-hydroxylation sites is 4. The number of nitrogens with zero attached hydrogens (tertiary/aromatic N) is 4. The summed E-state index contributed by atoms with van der Waals surface area (Å²) in [7, 11) is 4.28. The van der Waals surface area contributed by atoms with Crippen LogP contribution in [0.1, 0.15) is 22.3 Å². The van der Waals surface area contributed by atoms with Gasteiger partial charge in [-0.05, 0) is 60.4 Å². The smallest absolute Gasteiger partial charge is 0.214 e. The molecule has 0 aliphatic heterocycles. The number of fused-ring (bicyclic) bond motifs is 2. The van der Waals surface area contributed by atoms with Crippen LogP contribution in [0.15, 0.2) is 182 Å². The van der Waals surface area contributed by atoms with Crippen molar-refractivity contribution in [2.24, 2.45) is 0 Å². The van der Waals surface area contributed by atoms with Crippen LogP contribution in [0, 0.1) is 0 Å². The van der Waals surface area contributed by atoms with Crippen LogP contribution in [-0.4, -0.2) is 14.1 Å². The van der Waals surface area contributed by atoms with E-state index in [1.807, 2.05) is 0 Å². The molecule has 270 valence electrons. The summed E-state index contributed by atoms with van der Waals surface area (Å²) < 4.78 is 4.71. The molecule has 54 heavy (non-hydrogen) atoms. The third-order valence-corrected chi connectivity index (χ3v) is 10.3. The van der Waals surface area contributed by atoms with Crippen LogP contribution < -0.4 is 52.9 Å². The van der Waals surface area contributed by atoms with E-state index in [2.05, 4.69) is 215 Å². The lowest BCUT2D eigenvalue weighted by molar-refractivity contribution is -0.662. The molecule has 0 saturated carbocycles. The molecule has 0 N–H and O–H groups in total. The highest BCUT2D eigenvalue weighted by Gasteiger charge is 2.18. The highest BCUT2D eigenvalue weighted by atomic mass is 79.9. The largest absolute Gasteiger partial charge is 1.00 e. The minimum Gasteiger partial charge on any atom is -1.00 e. The van der Waals surface area contributed by atoms with E-state index in [0.717, 1.165) is 25.9 Å². The van der Waals surface area contributed by atoms with Gasteiger partial charge >= 0.3 is 0 Å². The van der Waals surface area contributed by atoms with Crippen molar-refractivity contribution in [1.82, 2.24) is 0 Å². The van der Waals surface area contributed by atoms with E-state index in [0.29, 0.717) is 0 Å². The lowest BCUT2D eigenvalue weighted by Crippen LogP contribution is -3.00. The molecule has 2 aromatic heterocycles. The van der Waals surface area contributed by atoms with E-state index in [9.17, 15) is 0 Å². The summed E-state index contributed by atoms with van der Waals surface area (Å²) in [6.45, 7) is 1.66. The van der Waals surface area contributed by atoms with Crippen molar-refractivity contribution in [3.8, 4) is 0 Å². The second-order valence-electron chi connectivity index (χ2n) is 13.6. The molecule has 0 radical (unpaired) electrons. The van der Waals surface area contributed by atoms with Gasteiger partial charge in [0, 0.05) is 60.9 Å². The predicted octanol–water partition coefficient (Wildman–Crippen LogP) is 3.99. The van der Waals surface area contributed by atoms with Gasteiger partial charge in [-0.1, -0.05) is 109 Å². The highest BCUT2D eigenvalue weighted by molar-refractivity contribution is 5.92. The number of halogens is 2. The second kappa shape index (κ2) is 17.7. The molecule has 0 aliphatic rings. The Morgan fingerprint density at radius 1 is 0.370 bits per heavy atom. The minimum absolute atomic E-state index is 0. The number of hydrogen-bond donors (Lipinski definition) is 0. The van der Waals surface area contributed by atoms with Crippen LogP contribution in [0.5, 0.6) is 0 Å². The van der Waals surface area contributed by atoms with Gasteiger partial charge < -0.3 is 43.8 Å². The van der Waals surface area contributed by atoms with Gasteiger partial charge in [-0.15, -0.1) is 0 Å². The number of benzene rings is 6. The van der Waals surface area contributed by atoms with Crippen LogP contribution in [0.2, 0.25) is 0 Å². The maximum absolute atomic E-state index is 2.35. The summed E-state index contributed by atoms with van der Waals surface area (Å²) in [6.07, 6.45) is 6.47. The highest BCUT2D eigenvalue weighted by Crippen LogP contribution is 2.31. The molecule has 4 nitrogen and oxygen atoms in total. The first-order valence-corrected chi connectivity index (χ1v) is 18.2. The molecule has 8 rings (SSSR count). The Hall–Kier alpha value is -5.30. The lowest BCUT2D eigenvalue weighted by Gasteiger charge is -2.20. The van der Waals surface area contributed by atoms with E-state index in [4.69, 9.17) is 0 Å². The van der Waals surface area contributed by atoms with Crippen molar-refractivity contribution >= 4 is 44.6 Å². The fourth-order valence-electron chi connectivity index (χ4n) is 7.29. The maximum Gasteiger partial charge on any atom is 0.214 e. The molecule has 0 spiro atoms. The Morgan fingerprint density at radius 3 is 1.09 bits per heavy atom. The molecule has 0 aliphatic carbocycles. The average molecular weight is 837 g/mol.